The molecule has 8 heteroatoms. The number of halogens is 3. The average molecular weight is 463 g/mol. The van der Waals surface area contributed by atoms with Gasteiger partial charge in [-0.15, -0.1) is 0 Å². The minimum absolute atomic E-state index is 0.137. The zero-order valence-corrected chi connectivity index (χ0v) is 17.8. The highest BCUT2D eigenvalue weighted by molar-refractivity contribution is 6.03. The number of rotatable bonds is 7. The molecule has 0 bridgehead atoms. The Morgan fingerprint density at radius 2 is 1.44 bits per heavy atom. The lowest BCUT2D eigenvalue weighted by Crippen LogP contribution is -2.32. The number of hydrazone groups is 1. The van der Waals surface area contributed by atoms with Crippen molar-refractivity contribution in [2.24, 2.45) is 5.10 Å². The summed E-state index contributed by atoms with van der Waals surface area (Å²) in [5.41, 5.74) is 2.13. The van der Waals surface area contributed by atoms with Gasteiger partial charge in [0.15, 0.2) is 0 Å². The average Bonchev–Trinajstić information content (AvgIpc) is 2.84. The number of hydrogen-bond acceptors (Lipinski definition) is 3. The summed E-state index contributed by atoms with van der Waals surface area (Å²) in [5, 5.41) is 6.15. The number of nitrogens with one attached hydrogen (secondary N) is 2. The highest BCUT2D eigenvalue weighted by Gasteiger charge is 2.32. The van der Waals surface area contributed by atoms with Crippen molar-refractivity contribution in [1.82, 2.24) is 10.7 Å². The summed E-state index contributed by atoms with van der Waals surface area (Å²) < 4.78 is 39.4. The lowest BCUT2D eigenvalue weighted by Gasteiger charge is -2.10. The van der Waals surface area contributed by atoms with Crippen LogP contribution in [-0.2, 0) is 11.0 Å². The van der Waals surface area contributed by atoms with Gasteiger partial charge in [0.2, 0.25) is 0 Å². The molecule has 0 aliphatic carbocycles. The first-order chi connectivity index (χ1) is 16.3. The summed E-state index contributed by atoms with van der Waals surface area (Å²) >= 11 is 0. The largest absolute Gasteiger partial charge is 0.417 e. The number of benzene rings is 3. The van der Waals surface area contributed by atoms with E-state index in [1.54, 1.807) is 42.5 Å². The molecule has 0 aliphatic heterocycles. The summed E-state index contributed by atoms with van der Waals surface area (Å²) in [6, 6.07) is 22.4. The molecule has 0 heterocycles. The molecule has 2 amide bonds. The van der Waals surface area contributed by atoms with Gasteiger partial charge in [0.05, 0.1) is 11.8 Å². The van der Waals surface area contributed by atoms with Crippen molar-refractivity contribution in [3.63, 3.8) is 0 Å². The minimum Gasteiger partial charge on any atom is -0.317 e. The molecule has 0 spiro atoms. The van der Waals surface area contributed by atoms with E-state index in [0.29, 0.717) is 5.56 Å². The van der Waals surface area contributed by atoms with Crippen LogP contribution in [0, 0.1) is 0 Å². The van der Waals surface area contributed by atoms with Crippen molar-refractivity contribution >= 4 is 24.1 Å². The second kappa shape index (κ2) is 11.4. The number of nitrogens with zero attached hydrogens (tertiary/aromatic N) is 1. The molecule has 0 fully saturated rings. The first kappa shape index (κ1) is 24.2. The van der Waals surface area contributed by atoms with Crippen LogP contribution >= 0.6 is 0 Å². The lowest BCUT2D eigenvalue weighted by atomic mass is 10.1. The van der Waals surface area contributed by atoms with Crippen LogP contribution in [0.15, 0.2) is 108 Å². The van der Waals surface area contributed by atoms with Crippen molar-refractivity contribution < 1.29 is 22.8 Å². The Bertz CT molecular complexity index is 1220. The van der Waals surface area contributed by atoms with Crippen molar-refractivity contribution in [3.8, 4) is 0 Å². The van der Waals surface area contributed by atoms with Gasteiger partial charge in [-0.2, -0.15) is 18.3 Å². The van der Waals surface area contributed by atoms with Crippen LogP contribution in [0.5, 0.6) is 0 Å². The second-order valence-electron chi connectivity index (χ2n) is 6.95. The summed E-state index contributed by atoms with van der Waals surface area (Å²) in [7, 11) is 0. The molecular weight excluding hydrogens is 443 g/mol. The van der Waals surface area contributed by atoms with Crippen LogP contribution < -0.4 is 10.7 Å². The number of carbonyl (C=O) groups is 2. The predicted molar refractivity (Wildman–Crippen MR) is 125 cm³/mol. The van der Waals surface area contributed by atoms with Gasteiger partial charge in [-0.3, -0.25) is 9.59 Å². The van der Waals surface area contributed by atoms with E-state index >= 15 is 0 Å². The van der Waals surface area contributed by atoms with Crippen LogP contribution in [0.1, 0.15) is 27.0 Å². The van der Waals surface area contributed by atoms with Gasteiger partial charge in [-0.1, -0.05) is 78.9 Å². The Morgan fingerprint density at radius 1 is 0.824 bits per heavy atom. The van der Waals surface area contributed by atoms with Crippen molar-refractivity contribution in [2.45, 2.75) is 6.18 Å². The first-order valence-corrected chi connectivity index (χ1v) is 10.1. The van der Waals surface area contributed by atoms with Gasteiger partial charge in [-0.25, -0.2) is 5.43 Å². The molecule has 0 radical (unpaired) electrons. The normalized spacial score (nSPS) is 12.1. The minimum atomic E-state index is -4.57. The standard InChI is InChI=1S/C26H20F3N3O2/c27-26(28,29)22-16-8-7-15-21(22)18-30-32-25(34)23(17-9-12-19-10-3-1-4-11-19)31-24(33)20-13-5-2-6-14-20/h1-18H,(H,31,33)(H,32,34)/b12-9+,23-17-,30-18+. The van der Waals surface area contributed by atoms with E-state index in [1.807, 2.05) is 30.3 Å². The summed E-state index contributed by atoms with van der Waals surface area (Å²) in [4.78, 5) is 25.2. The van der Waals surface area contributed by atoms with Crippen LogP contribution in [0.3, 0.4) is 0 Å². The number of carbonyl (C=O) groups excluding carboxylic acids is 2. The monoisotopic (exact) mass is 463 g/mol. The summed E-state index contributed by atoms with van der Waals surface area (Å²) in [6.45, 7) is 0. The van der Waals surface area contributed by atoms with E-state index in [0.717, 1.165) is 17.8 Å². The van der Waals surface area contributed by atoms with E-state index < -0.39 is 23.6 Å². The molecule has 0 aliphatic rings. The third kappa shape index (κ3) is 7.03. The molecule has 34 heavy (non-hydrogen) atoms. The highest BCUT2D eigenvalue weighted by atomic mass is 19.4. The zero-order valence-electron chi connectivity index (χ0n) is 17.8. The lowest BCUT2D eigenvalue weighted by molar-refractivity contribution is -0.137. The third-order valence-corrected chi connectivity index (χ3v) is 4.52. The van der Waals surface area contributed by atoms with Crippen LogP contribution in [0.25, 0.3) is 6.08 Å². The van der Waals surface area contributed by atoms with Gasteiger partial charge >= 0.3 is 6.18 Å². The van der Waals surface area contributed by atoms with E-state index in [2.05, 4.69) is 15.8 Å². The molecule has 0 saturated heterocycles. The van der Waals surface area contributed by atoms with Gasteiger partial charge in [0, 0.05) is 11.1 Å². The Labute approximate surface area is 194 Å². The Morgan fingerprint density at radius 3 is 2.12 bits per heavy atom. The topological polar surface area (TPSA) is 70.6 Å². The molecule has 0 aromatic heterocycles. The quantitative estimate of drug-likeness (QED) is 0.219. The SMILES string of the molecule is O=C(N/N=C/c1ccccc1C(F)(F)F)/C(=C/C=C/c1ccccc1)NC(=O)c1ccccc1. The Hall–Kier alpha value is -4.46. The maximum Gasteiger partial charge on any atom is 0.417 e. The molecule has 0 saturated carbocycles. The molecule has 3 aromatic rings. The smallest absolute Gasteiger partial charge is 0.317 e. The molecule has 2 N–H and O–H groups in total. The number of amides is 2. The van der Waals surface area contributed by atoms with Crippen LogP contribution in [0.4, 0.5) is 13.2 Å². The molecule has 172 valence electrons. The summed E-state index contributed by atoms with van der Waals surface area (Å²) in [5.74, 6) is -1.33. The number of hydrogen-bond donors (Lipinski definition) is 2. The molecule has 0 unspecified atom stereocenters. The predicted octanol–water partition coefficient (Wildman–Crippen LogP) is 5.18. The zero-order chi connectivity index (χ0) is 24.4. The highest BCUT2D eigenvalue weighted by Crippen LogP contribution is 2.31. The third-order valence-electron chi connectivity index (χ3n) is 4.52. The van der Waals surface area contributed by atoms with Crippen molar-refractivity contribution in [1.29, 1.82) is 0 Å². The fourth-order valence-electron chi connectivity index (χ4n) is 2.87. The number of allylic oxidation sites excluding steroid dienone is 2. The van der Waals surface area contributed by atoms with Gasteiger partial charge in [-0.05, 0) is 29.8 Å². The van der Waals surface area contributed by atoms with E-state index in [4.69, 9.17) is 0 Å². The maximum absolute atomic E-state index is 13.1. The van der Waals surface area contributed by atoms with Crippen molar-refractivity contribution in [3.05, 3.63) is 125 Å². The second-order valence-corrected chi connectivity index (χ2v) is 6.95. The molecule has 0 atom stereocenters. The van der Waals surface area contributed by atoms with Crippen LogP contribution in [-0.4, -0.2) is 18.0 Å². The Kier molecular flexibility index (Phi) is 8.12. The molecule has 3 aromatic carbocycles. The molecular formula is C26H20F3N3O2. The fraction of sp³-hybridized carbons (Fsp3) is 0.0385. The molecule has 3 rings (SSSR count). The van der Waals surface area contributed by atoms with Crippen molar-refractivity contribution in [2.75, 3.05) is 0 Å². The van der Waals surface area contributed by atoms with Gasteiger partial charge < -0.3 is 5.32 Å². The maximum atomic E-state index is 13.1. The molecule has 5 nitrogen and oxygen atoms in total. The van der Waals surface area contributed by atoms with E-state index in [-0.39, 0.29) is 11.3 Å². The Balaban J connectivity index is 1.79. The van der Waals surface area contributed by atoms with Gasteiger partial charge in [0.1, 0.15) is 5.70 Å². The summed E-state index contributed by atoms with van der Waals surface area (Å²) in [6.07, 6.45) is 1.01. The first-order valence-electron chi connectivity index (χ1n) is 10.1. The van der Waals surface area contributed by atoms with Gasteiger partial charge in [0.25, 0.3) is 11.8 Å². The number of alkyl halides is 3. The van der Waals surface area contributed by atoms with E-state index in [9.17, 15) is 22.8 Å². The van der Waals surface area contributed by atoms with E-state index in [1.165, 1.54) is 24.3 Å². The van der Waals surface area contributed by atoms with Crippen LogP contribution in [0.2, 0.25) is 0 Å². The fourth-order valence-corrected chi connectivity index (χ4v) is 2.87.